The Morgan fingerprint density at radius 1 is 1.25 bits per heavy atom. The lowest BCUT2D eigenvalue weighted by Crippen LogP contribution is -2.23. The van der Waals surface area contributed by atoms with Crippen LogP contribution in [0.15, 0.2) is 41.6 Å². The highest BCUT2D eigenvalue weighted by molar-refractivity contribution is 5.47. The first-order chi connectivity index (χ1) is 11.7. The van der Waals surface area contributed by atoms with Gasteiger partial charge in [0.15, 0.2) is 0 Å². The maximum atomic E-state index is 12.2. The summed E-state index contributed by atoms with van der Waals surface area (Å²) < 4.78 is 8.29. The van der Waals surface area contributed by atoms with E-state index in [9.17, 15) is 4.79 Å². The summed E-state index contributed by atoms with van der Waals surface area (Å²) in [5.74, 6) is 0.957. The van der Waals surface area contributed by atoms with Crippen LogP contribution in [0.2, 0.25) is 0 Å². The zero-order chi connectivity index (χ0) is 16.5. The van der Waals surface area contributed by atoms with Gasteiger partial charge in [-0.1, -0.05) is 12.1 Å². The molecule has 2 heterocycles. The second-order valence-electron chi connectivity index (χ2n) is 5.75. The van der Waals surface area contributed by atoms with E-state index in [4.69, 9.17) is 4.74 Å². The summed E-state index contributed by atoms with van der Waals surface area (Å²) in [7, 11) is 1.58. The molecule has 8 nitrogen and oxygen atoms in total. The lowest BCUT2D eigenvalue weighted by molar-refractivity contribution is 0.290. The molecule has 3 aromatic rings. The summed E-state index contributed by atoms with van der Waals surface area (Å²) >= 11 is 0. The summed E-state index contributed by atoms with van der Waals surface area (Å²) in [6.45, 7) is 0.295. The Balaban J connectivity index is 1.75. The monoisotopic (exact) mass is 324 g/mol. The van der Waals surface area contributed by atoms with Crippen LogP contribution in [-0.4, -0.2) is 29.8 Å². The largest absolute Gasteiger partial charge is 0.472 e. The number of hydrogen-bond donors (Lipinski definition) is 0. The number of ether oxygens (including phenoxy) is 1. The van der Waals surface area contributed by atoms with Gasteiger partial charge in [-0.25, -0.2) is 9.78 Å². The first kappa shape index (κ1) is 14.6. The van der Waals surface area contributed by atoms with Crippen LogP contribution < -0.4 is 10.4 Å². The van der Waals surface area contributed by atoms with E-state index >= 15 is 0 Å². The van der Waals surface area contributed by atoms with Crippen molar-refractivity contribution in [1.82, 2.24) is 29.8 Å². The van der Waals surface area contributed by atoms with Crippen LogP contribution in [0.5, 0.6) is 5.88 Å². The van der Waals surface area contributed by atoms with Crippen molar-refractivity contribution in [2.75, 3.05) is 0 Å². The van der Waals surface area contributed by atoms with Crippen LogP contribution in [0.1, 0.15) is 29.9 Å². The quantitative estimate of drug-likeness (QED) is 0.701. The number of tetrazole rings is 1. The van der Waals surface area contributed by atoms with E-state index < -0.39 is 0 Å². The molecule has 0 spiro atoms. The number of benzene rings is 1. The minimum absolute atomic E-state index is 0.288. The molecule has 0 N–H and O–H groups in total. The molecule has 1 aliphatic carbocycles. The van der Waals surface area contributed by atoms with Crippen LogP contribution in [0, 0.1) is 0 Å². The second kappa shape index (κ2) is 5.88. The molecule has 0 unspecified atom stereocenters. The van der Waals surface area contributed by atoms with Gasteiger partial charge in [0.05, 0.1) is 11.9 Å². The average molecular weight is 324 g/mol. The fourth-order valence-corrected chi connectivity index (χ4v) is 2.70. The highest BCUT2D eigenvalue weighted by atomic mass is 16.5. The molecular weight excluding hydrogens is 308 g/mol. The predicted molar refractivity (Wildman–Crippen MR) is 84.9 cm³/mol. The van der Waals surface area contributed by atoms with Gasteiger partial charge in [-0.2, -0.15) is 9.36 Å². The molecular formula is C16H16N6O2. The van der Waals surface area contributed by atoms with E-state index in [1.807, 2.05) is 12.1 Å². The van der Waals surface area contributed by atoms with Crippen LogP contribution in [-0.2, 0) is 13.7 Å². The number of hydrogen-bond acceptors (Lipinski definition) is 6. The fraction of sp³-hybridized carbons (Fsp3) is 0.312. The van der Waals surface area contributed by atoms with Gasteiger partial charge < -0.3 is 4.74 Å². The van der Waals surface area contributed by atoms with Crippen molar-refractivity contribution in [3.63, 3.8) is 0 Å². The molecule has 0 saturated heterocycles. The van der Waals surface area contributed by atoms with Gasteiger partial charge in [-0.15, -0.1) is 0 Å². The maximum Gasteiger partial charge on any atom is 0.368 e. The van der Waals surface area contributed by atoms with E-state index in [-0.39, 0.29) is 5.69 Å². The van der Waals surface area contributed by atoms with Gasteiger partial charge >= 0.3 is 5.69 Å². The molecule has 2 aromatic heterocycles. The molecule has 8 heteroatoms. The van der Waals surface area contributed by atoms with Gasteiger partial charge in [0.1, 0.15) is 6.61 Å². The number of nitrogens with zero attached hydrogens (tertiary/aromatic N) is 6. The summed E-state index contributed by atoms with van der Waals surface area (Å²) in [6, 6.07) is 5.88. The smallest absolute Gasteiger partial charge is 0.368 e. The first-order valence-corrected chi connectivity index (χ1v) is 7.74. The Bertz CT molecular complexity index is 914. The van der Waals surface area contributed by atoms with Crippen LogP contribution in [0.25, 0.3) is 5.69 Å². The molecule has 0 radical (unpaired) electrons. The van der Waals surface area contributed by atoms with Crippen LogP contribution in [0.3, 0.4) is 0 Å². The van der Waals surface area contributed by atoms with Gasteiger partial charge in [0.25, 0.3) is 0 Å². The van der Waals surface area contributed by atoms with Crippen molar-refractivity contribution < 1.29 is 4.74 Å². The average Bonchev–Trinajstić information content (AvgIpc) is 3.41. The Morgan fingerprint density at radius 3 is 2.79 bits per heavy atom. The topological polar surface area (TPSA) is 87.7 Å². The summed E-state index contributed by atoms with van der Waals surface area (Å²) in [5.41, 5.74) is 2.53. The summed E-state index contributed by atoms with van der Waals surface area (Å²) in [5, 5.41) is 7.75. The van der Waals surface area contributed by atoms with E-state index in [2.05, 4.69) is 26.5 Å². The molecule has 122 valence electrons. The third-order valence-electron chi connectivity index (χ3n) is 4.06. The number of rotatable bonds is 5. The zero-order valence-electron chi connectivity index (χ0n) is 13.2. The number of aromatic nitrogens is 6. The van der Waals surface area contributed by atoms with Crippen LogP contribution >= 0.6 is 0 Å². The maximum absolute atomic E-state index is 12.2. The van der Waals surface area contributed by atoms with Gasteiger partial charge in [-0.3, -0.25) is 4.98 Å². The molecule has 0 bridgehead atoms. The molecule has 1 aromatic carbocycles. The van der Waals surface area contributed by atoms with Crippen molar-refractivity contribution in [2.45, 2.75) is 25.4 Å². The zero-order valence-corrected chi connectivity index (χ0v) is 13.2. The van der Waals surface area contributed by atoms with E-state index in [1.165, 1.54) is 14.9 Å². The van der Waals surface area contributed by atoms with Gasteiger partial charge in [0, 0.05) is 25.0 Å². The SMILES string of the molecule is Cn1nnn(-c2cccc(C3CC3)c2COc2cnccn2)c1=O. The number of aryl methyl sites for hydroxylation is 1. The molecule has 0 aliphatic heterocycles. The molecule has 0 atom stereocenters. The Kier molecular flexibility index (Phi) is 3.56. The van der Waals surface area contributed by atoms with Gasteiger partial charge in [0.2, 0.25) is 5.88 Å². The van der Waals surface area contributed by atoms with Crippen molar-refractivity contribution in [3.05, 3.63) is 58.4 Å². The molecule has 1 aliphatic rings. The highest BCUT2D eigenvalue weighted by Gasteiger charge is 2.28. The van der Waals surface area contributed by atoms with Crippen molar-refractivity contribution in [2.24, 2.45) is 7.05 Å². The minimum Gasteiger partial charge on any atom is -0.472 e. The third-order valence-corrected chi connectivity index (χ3v) is 4.06. The van der Waals surface area contributed by atoms with E-state index in [1.54, 1.807) is 25.6 Å². The standard InChI is InChI=1S/C16H16N6O2/c1-21-16(23)22(20-19-21)14-4-2-3-12(11-5-6-11)13(14)10-24-15-9-17-7-8-18-15/h2-4,7-9,11H,5-6,10H2,1H3. The van der Waals surface area contributed by atoms with Crippen LogP contribution in [0.4, 0.5) is 0 Å². The predicted octanol–water partition coefficient (Wildman–Crippen LogP) is 1.21. The van der Waals surface area contributed by atoms with E-state index in [0.717, 1.165) is 18.4 Å². The lowest BCUT2D eigenvalue weighted by Gasteiger charge is -2.14. The summed E-state index contributed by atoms with van der Waals surface area (Å²) in [4.78, 5) is 20.3. The summed E-state index contributed by atoms with van der Waals surface area (Å²) in [6.07, 6.45) is 7.04. The van der Waals surface area contributed by atoms with E-state index in [0.29, 0.717) is 24.1 Å². The third kappa shape index (κ3) is 2.66. The molecule has 0 amide bonds. The molecule has 1 saturated carbocycles. The molecule has 24 heavy (non-hydrogen) atoms. The Morgan fingerprint density at radius 2 is 2.12 bits per heavy atom. The Hall–Kier alpha value is -3.03. The van der Waals surface area contributed by atoms with Crippen molar-refractivity contribution in [3.8, 4) is 11.6 Å². The molecule has 1 fully saturated rings. The van der Waals surface area contributed by atoms with Crippen molar-refractivity contribution >= 4 is 0 Å². The fourth-order valence-electron chi connectivity index (χ4n) is 2.70. The Labute approximate surface area is 137 Å². The normalized spacial score (nSPS) is 13.9. The molecule has 4 rings (SSSR count). The second-order valence-corrected chi connectivity index (χ2v) is 5.75. The van der Waals surface area contributed by atoms with Crippen molar-refractivity contribution in [1.29, 1.82) is 0 Å². The minimum atomic E-state index is -0.288. The van der Waals surface area contributed by atoms with Gasteiger partial charge in [-0.05, 0) is 40.8 Å². The highest BCUT2D eigenvalue weighted by Crippen LogP contribution is 2.42. The first-order valence-electron chi connectivity index (χ1n) is 7.74. The lowest BCUT2D eigenvalue weighted by atomic mass is 10.0.